The summed E-state index contributed by atoms with van der Waals surface area (Å²) >= 11 is 0. The molecule has 0 bridgehead atoms. The summed E-state index contributed by atoms with van der Waals surface area (Å²) in [5.41, 5.74) is -0.340. The average Bonchev–Trinajstić information content (AvgIpc) is 2.37. The monoisotopic (exact) mass is 225 g/mol. The summed E-state index contributed by atoms with van der Waals surface area (Å²) in [5, 5.41) is 8.96. The van der Waals surface area contributed by atoms with E-state index < -0.39 is 5.97 Å². The molecule has 0 atom stereocenters. The van der Waals surface area contributed by atoms with Gasteiger partial charge in [-0.05, 0) is 32.1 Å². The van der Waals surface area contributed by atoms with Crippen molar-refractivity contribution < 1.29 is 14.7 Å². The predicted octanol–water partition coefficient (Wildman–Crippen LogP) is 1.79. The number of nitrogens with zero attached hydrogens (tertiary/aromatic N) is 1. The van der Waals surface area contributed by atoms with E-state index in [0.717, 1.165) is 45.1 Å². The van der Waals surface area contributed by atoms with Crippen molar-refractivity contribution in [1.29, 1.82) is 0 Å². The third kappa shape index (κ3) is 2.06. The molecular weight excluding hydrogens is 206 g/mol. The summed E-state index contributed by atoms with van der Waals surface area (Å²) in [4.78, 5) is 24.7. The Labute approximate surface area is 95.6 Å². The first-order valence-corrected chi connectivity index (χ1v) is 6.16. The standard InChI is InChI=1S/C12H19NO3/c14-10-5-2-1-3-8-13(10)12(6-4-7-12)9-11(15)16/h1-9H2,(H,15,16). The van der Waals surface area contributed by atoms with E-state index >= 15 is 0 Å². The molecular formula is C12H19NO3. The van der Waals surface area contributed by atoms with Gasteiger partial charge in [0.1, 0.15) is 0 Å². The highest BCUT2D eigenvalue weighted by Crippen LogP contribution is 2.41. The van der Waals surface area contributed by atoms with Gasteiger partial charge in [0.15, 0.2) is 0 Å². The maximum absolute atomic E-state index is 12.0. The lowest BCUT2D eigenvalue weighted by Gasteiger charge is -2.49. The van der Waals surface area contributed by atoms with E-state index in [9.17, 15) is 9.59 Å². The zero-order chi connectivity index (χ0) is 11.6. The van der Waals surface area contributed by atoms with Gasteiger partial charge >= 0.3 is 5.97 Å². The zero-order valence-corrected chi connectivity index (χ0v) is 9.57. The largest absolute Gasteiger partial charge is 0.481 e. The Balaban J connectivity index is 2.12. The molecule has 0 aromatic carbocycles. The summed E-state index contributed by atoms with van der Waals surface area (Å²) in [6.07, 6.45) is 6.57. The number of amides is 1. The van der Waals surface area contributed by atoms with E-state index in [2.05, 4.69) is 0 Å². The second-order valence-electron chi connectivity index (χ2n) is 5.00. The van der Waals surface area contributed by atoms with E-state index in [1.807, 2.05) is 4.90 Å². The molecule has 16 heavy (non-hydrogen) atoms. The van der Waals surface area contributed by atoms with E-state index in [0.29, 0.717) is 6.42 Å². The van der Waals surface area contributed by atoms with E-state index in [-0.39, 0.29) is 17.9 Å². The van der Waals surface area contributed by atoms with Crippen LogP contribution in [0.2, 0.25) is 0 Å². The van der Waals surface area contributed by atoms with E-state index in [1.165, 1.54) is 0 Å². The molecule has 2 aliphatic rings. The maximum Gasteiger partial charge on any atom is 0.305 e. The summed E-state index contributed by atoms with van der Waals surface area (Å²) in [5.74, 6) is -0.616. The molecule has 1 N–H and O–H groups in total. The number of rotatable bonds is 3. The highest BCUT2D eigenvalue weighted by atomic mass is 16.4. The molecule has 90 valence electrons. The van der Waals surface area contributed by atoms with Gasteiger partial charge in [0, 0.05) is 13.0 Å². The molecule has 0 unspecified atom stereocenters. The number of likely N-dealkylation sites (tertiary alicyclic amines) is 1. The molecule has 0 radical (unpaired) electrons. The number of carbonyl (C=O) groups excluding carboxylic acids is 1. The van der Waals surface area contributed by atoms with Crippen molar-refractivity contribution >= 4 is 11.9 Å². The number of carbonyl (C=O) groups is 2. The van der Waals surface area contributed by atoms with Gasteiger partial charge in [0.2, 0.25) is 5.91 Å². The topological polar surface area (TPSA) is 57.6 Å². The van der Waals surface area contributed by atoms with E-state index in [4.69, 9.17) is 5.11 Å². The molecule has 1 aliphatic heterocycles. The smallest absolute Gasteiger partial charge is 0.305 e. The minimum atomic E-state index is -0.781. The Morgan fingerprint density at radius 1 is 1.25 bits per heavy atom. The van der Waals surface area contributed by atoms with Crippen molar-refractivity contribution in [2.75, 3.05) is 6.54 Å². The van der Waals surface area contributed by atoms with Crippen LogP contribution in [-0.4, -0.2) is 34.0 Å². The highest BCUT2D eigenvalue weighted by Gasteiger charge is 2.46. The molecule has 1 saturated carbocycles. The van der Waals surface area contributed by atoms with Crippen LogP contribution in [0.1, 0.15) is 51.4 Å². The van der Waals surface area contributed by atoms with Crippen LogP contribution in [0.25, 0.3) is 0 Å². The van der Waals surface area contributed by atoms with Crippen molar-refractivity contribution in [3.8, 4) is 0 Å². The summed E-state index contributed by atoms with van der Waals surface area (Å²) in [7, 11) is 0. The van der Waals surface area contributed by atoms with Crippen molar-refractivity contribution in [1.82, 2.24) is 4.90 Å². The maximum atomic E-state index is 12.0. The second-order valence-corrected chi connectivity index (χ2v) is 5.00. The molecule has 1 amide bonds. The van der Waals surface area contributed by atoms with Crippen LogP contribution in [0.5, 0.6) is 0 Å². The first-order valence-electron chi connectivity index (χ1n) is 6.16. The van der Waals surface area contributed by atoms with Crippen molar-refractivity contribution in [3.05, 3.63) is 0 Å². The molecule has 1 saturated heterocycles. The fourth-order valence-electron chi connectivity index (χ4n) is 2.89. The van der Waals surface area contributed by atoms with Gasteiger partial charge in [-0.25, -0.2) is 0 Å². The Morgan fingerprint density at radius 2 is 2.00 bits per heavy atom. The Hall–Kier alpha value is -1.06. The molecule has 1 heterocycles. The van der Waals surface area contributed by atoms with Crippen LogP contribution >= 0.6 is 0 Å². The number of hydrogen-bond donors (Lipinski definition) is 1. The second kappa shape index (κ2) is 4.44. The fraction of sp³-hybridized carbons (Fsp3) is 0.833. The minimum absolute atomic E-state index is 0.124. The van der Waals surface area contributed by atoms with Crippen molar-refractivity contribution in [3.63, 3.8) is 0 Å². The molecule has 1 aliphatic carbocycles. The van der Waals surface area contributed by atoms with Crippen LogP contribution in [0.3, 0.4) is 0 Å². The van der Waals surface area contributed by atoms with Gasteiger partial charge in [-0.1, -0.05) is 6.42 Å². The van der Waals surface area contributed by atoms with Gasteiger partial charge in [0.05, 0.1) is 12.0 Å². The van der Waals surface area contributed by atoms with Crippen LogP contribution in [0, 0.1) is 0 Å². The van der Waals surface area contributed by atoms with Crippen LogP contribution in [-0.2, 0) is 9.59 Å². The van der Waals surface area contributed by atoms with Gasteiger partial charge in [-0.15, -0.1) is 0 Å². The molecule has 2 rings (SSSR count). The third-order valence-electron chi connectivity index (χ3n) is 3.91. The average molecular weight is 225 g/mol. The SMILES string of the molecule is O=C(O)CC1(N2CCCCCC2=O)CCC1. The lowest BCUT2D eigenvalue weighted by Crippen LogP contribution is -2.57. The molecule has 4 heteroatoms. The summed E-state index contributed by atoms with van der Waals surface area (Å²) < 4.78 is 0. The Bertz CT molecular complexity index is 297. The molecule has 2 fully saturated rings. The van der Waals surface area contributed by atoms with E-state index in [1.54, 1.807) is 0 Å². The lowest BCUT2D eigenvalue weighted by molar-refractivity contribution is -0.149. The van der Waals surface area contributed by atoms with Crippen LogP contribution < -0.4 is 0 Å². The first-order chi connectivity index (χ1) is 7.64. The van der Waals surface area contributed by atoms with Crippen LogP contribution in [0.4, 0.5) is 0 Å². The minimum Gasteiger partial charge on any atom is -0.481 e. The number of carboxylic acids is 1. The first kappa shape index (κ1) is 11.4. The van der Waals surface area contributed by atoms with Crippen molar-refractivity contribution in [2.24, 2.45) is 0 Å². The van der Waals surface area contributed by atoms with Gasteiger partial charge in [-0.3, -0.25) is 9.59 Å². The highest BCUT2D eigenvalue weighted by molar-refractivity contribution is 5.79. The lowest BCUT2D eigenvalue weighted by atomic mass is 9.72. The third-order valence-corrected chi connectivity index (χ3v) is 3.91. The quantitative estimate of drug-likeness (QED) is 0.796. The van der Waals surface area contributed by atoms with Crippen molar-refractivity contribution in [2.45, 2.75) is 56.9 Å². The summed E-state index contributed by atoms with van der Waals surface area (Å²) in [6, 6.07) is 0. The van der Waals surface area contributed by atoms with Gasteiger partial charge in [0.25, 0.3) is 0 Å². The Morgan fingerprint density at radius 3 is 2.56 bits per heavy atom. The summed E-state index contributed by atoms with van der Waals surface area (Å²) in [6.45, 7) is 0.756. The predicted molar refractivity (Wildman–Crippen MR) is 59.0 cm³/mol. The van der Waals surface area contributed by atoms with Crippen LogP contribution in [0.15, 0.2) is 0 Å². The van der Waals surface area contributed by atoms with Gasteiger partial charge < -0.3 is 10.0 Å². The molecule has 0 aromatic rings. The zero-order valence-electron chi connectivity index (χ0n) is 9.57. The fourth-order valence-corrected chi connectivity index (χ4v) is 2.89. The molecule has 4 nitrogen and oxygen atoms in total. The number of hydrogen-bond acceptors (Lipinski definition) is 2. The number of aliphatic carboxylic acids is 1. The number of carboxylic acid groups (broad SMARTS) is 1. The normalized spacial score (nSPS) is 24.8. The van der Waals surface area contributed by atoms with Gasteiger partial charge in [-0.2, -0.15) is 0 Å². The molecule has 0 spiro atoms. The molecule has 0 aromatic heterocycles. The Kier molecular flexibility index (Phi) is 3.17.